The molecule has 1 amide bonds. The molecule has 1 aliphatic carbocycles. The largest absolute Gasteiger partial charge is 0.377 e. The Balaban J connectivity index is 1.80. The molecule has 3 unspecified atom stereocenters. The lowest BCUT2D eigenvalue weighted by Gasteiger charge is -2.39. The van der Waals surface area contributed by atoms with E-state index in [0.717, 1.165) is 23.2 Å². The molecule has 146 valence electrons. The summed E-state index contributed by atoms with van der Waals surface area (Å²) in [4.78, 5) is 13.0. The fraction of sp³-hybridized carbons (Fsp3) is 0.348. The van der Waals surface area contributed by atoms with Crippen LogP contribution >= 0.6 is 23.2 Å². The molecule has 0 fully saturated rings. The zero-order valence-electron chi connectivity index (χ0n) is 16.2. The first-order valence-corrected chi connectivity index (χ1v) is 10.3. The third kappa shape index (κ3) is 3.42. The van der Waals surface area contributed by atoms with E-state index in [4.69, 9.17) is 23.2 Å². The molecular weight excluding hydrogens is 391 g/mol. The number of hydrogen-bond acceptors (Lipinski definition) is 2. The van der Waals surface area contributed by atoms with E-state index in [1.807, 2.05) is 45.0 Å². The van der Waals surface area contributed by atoms with Crippen LogP contribution in [0.5, 0.6) is 0 Å². The first-order valence-electron chi connectivity index (χ1n) is 9.59. The Morgan fingerprint density at radius 1 is 1.11 bits per heavy atom. The second kappa shape index (κ2) is 7.13. The average molecular weight is 415 g/mol. The van der Waals surface area contributed by atoms with Crippen molar-refractivity contribution in [2.75, 3.05) is 5.32 Å². The second-order valence-electron chi connectivity index (χ2n) is 8.59. The van der Waals surface area contributed by atoms with Crippen molar-refractivity contribution in [3.8, 4) is 0 Å². The molecule has 0 bridgehead atoms. The summed E-state index contributed by atoms with van der Waals surface area (Å²) in [6.07, 6.45) is 5.43. The van der Waals surface area contributed by atoms with Gasteiger partial charge in [-0.2, -0.15) is 0 Å². The zero-order chi connectivity index (χ0) is 20.1. The van der Waals surface area contributed by atoms with Crippen molar-refractivity contribution >= 4 is 34.8 Å². The summed E-state index contributed by atoms with van der Waals surface area (Å²) in [5, 5.41) is 7.85. The lowest BCUT2D eigenvalue weighted by molar-refractivity contribution is 0.0920. The minimum atomic E-state index is -0.306. The molecule has 2 aliphatic rings. The predicted molar refractivity (Wildman–Crippen MR) is 116 cm³/mol. The van der Waals surface area contributed by atoms with Gasteiger partial charge < -0.3 is 10.6 Å². The maximum atomic E-state index is 13.0. The highest BCUT2D eigenvalue weighted by atomic mass is 35.5. The van der Waals surface area contributed by atoms with Crippen LogP contribution in [0.3, 0.4) is 0 Å². The maximum Gasteiger partial charge on any atom is 0.253 e. The van der Waals surface area contributed by atoms with Crippen molar-refractivity contribution in [3.05, 3.63) is 75.3 Å². The number of anilines is 1. The van der Waals surface area contributed by atoms with Gasteiger partial charge in [-0.05, 0) is 56.4 Å². The van der Waals surface area contributed by atoms with Gasteiger partial charge in [0.05, 0.1) is 27.3 Å². The Labute approximate surface area is 176 Å². The lowest BCUT2D eigenvalue weighted by Crippen LogP contribution is -2.41. The third-order valence-corrected chi connectivity index (χ3v) is 6.28. The summed E-state index contributed by atoms with van der Waals surface area (Å²) in [5.41, 5.74) is 3.38. The summed E-state index contributed by atoms with van der Waals surface area (Å²) >= 11 is 12.9. The fourth-order valence-corrected chi connectivity index (χ4v) is 4.71. The van der Waals surface area contributed by atoms with Gasteiger partial charge in [-0.25, -0.2) is 0 Å². The van der Waals surface area contributed by atoms with Crippen LogP contribution in [0, 0.1) is 5.92 Å². The molecule has 0 spiro atoms. The SMILES string of the molecule is CC(C)(C)NC(=O)c1cccc2c1NC(c1cccc(Cl)c1Cl)C1CC=CC21. The van der Waals surface area contributed by atoms with Gasteiger partial charge in [-0.15, -0.1) is 0 Å². The van der Waals surface area contributed by atoms with Crippen LogP contribution in [0.1, 0.15) is 60.6 Å². The van der Waals surface area contributed by atoms with E-state index >= 15 is 0 Å². The Morgan fingerprint density at radius 3 is 2.57 bits per heavy atom. The first kappa shape index (κ1) is 19.4. The lowest BCUT2D eigenvalue weighted by atomic mass is 9.76. The number of allylic oxidation sites excluding steroid dienone is 2. The van der Waals surface area contributed by atoms with E-state index in [9.17, 15) is 4.79 Å². The number of hydrogen-bond donors (Lipinski definition) is 2. The number of benzene rings is 2. The molecular formula is C23H24Cl2N2O. The molecule has 0 aromatic heterocycles. The van der Waals surface area contributed by atoms with E-state index < -0.39 is 0 Å². The van der Waals surface area contributed by atoms with E-state index in [0.29, 0.717) is 21.5 Å². The molecule has 2 N–H and O–H groups in total. The van der Waals surface area contributed by atoms with Crippen molar-refractivity contribution in [3.63, 3.8) is 0 Å². The van der Waals surface area contributed by atoms with Crippen LogP contribution in [0.15, 0.2) is 48.6 Å². The Bertz CT molecular complexity index is 962. The molecule has 4 rings (SSSR count). The number of nitrogens with one attached hydrogen (secondary N) is 2. The highest BCUT2D eigenvalue weighted by molar-refractivity contribution is 6.42. The number of carbonyl (C=O) groups is 1. The van der Waals surface area contributed by atoms with Crippen LogP contribution in [0.25, 0.3) is 0 Å². The monoisotopic (exact) mass is 414 g/mol. The molecule has 3 nitrogen and oxygen atoms in total. The van der Waals surface area contributed by atoms with Crippen LogP contribution in [-0.4, -0.2) is 11.4 Å². The summed E-state index contributed by atoms with van der Waals surface area (Å²) in [5.74, 6) is 0.510. The zero-order valence-corrected chi connectivity index (χ0v) is 17.7. The predicted octanol–water partition coefficient (Wildman–Crippen LogP) is 6.35. The summed E-state index contributed by atoms with van der Waals surface area (Å²) < 4.78 is 0. The molecule has 1 aliphatic heterocycles. The minimum Gasteiger partial charge on any atom is -0.377 e. The van der Waals surface area contributed by atoms with Crippen molar-refractivity contribution in [1.29, 1.82) is 0 Å². The molecule has 0 saturated heterocycles. The fourth-order valence-electron chi connectivity index (χ4n) is 4.29. The average Bonchev–Trinajstić information content (AvgIpc) is 3.11. The van der Waals surface area contributed by atoms with Crippen molar-refractivity contribution in [2.45, 2.75) is 44.7 Å². The van der Waals surface area contributed by atoms with Gasteiger partial charge in [-0.1, -0.05) is 59.6 Å². The Kier molecular flexibility index (Phi) is 4.93. The van der Waals surface area contributed by atoms with Gasteiger partial charge in [0.25, 0.3) is 5.91 Å². The molecule has 2 aromatic carbocycles. The maximum absolute atomic E-state index is 13.0. The van der Waals surface area contributed by atoms with Crippen molar-refractivity contribution < 1.29 is 4.79 Å². The van der Waals surface area contributed by atoms with E-state index in [1.54, 1.807) is 6.07 Å². The topological polar surface area (TPSA) is 41.1 Å². The van der Waals surface area contributed by atoms with E-state index in [1.165, 1.54) is 0 Å². The number of para-hydroxylation sites is 1. The summed E-state index contributed by atoms with van der Waals surface area (Å²) in [6.45, 7) is 5.95. The van der Waals surface area contributed by atoms with Gasteiger partial charge in [0.15, 0.2) is 0 Å². The highest BCUT2D eigenvalue weighted by Gasteiger charge is 2.40. The third-order valence-electron chi connectivity index (χ3n) is 5.45. The Morgan fingerprint density at radius 2 is 1.82 bits per heavy atom. The smallest absolute Gasteiger partial charge is 0.253 e. The normalized spacial score (nSPS) is 23.0. The quantitative estimate of drug-likeness (QED) is 0.562. The molecule has 28 heavy (non-hydrogen) atoms. The Hall–Kier alpha value is -1.97. The second-order valence-corrected chi connectivity index (χ2v) is 9.38. The summed E-state index contributed by atoms with van der Waals surface area (Å²) in [6, 6.07) is 11.7. The molecule has 0 radical (unpaired) electrons. The number of halogens is 2. The number of carbonyl (C=O) groups excluding carboxylic acids is 1. The highest BCUT2D eigenvalue weighted by Crippen LogP contribution is 2.52. The minimum absolute atomic E-state index is 0.0118. The number of fused-ring (bicyclic) bond motifs is 3. The van der Waals surface area contributed by atoms with E-state index in [-0.39, 0.29) is 23.4 Å². The van der Waals surface area contributed by atoms with Crippen LogP contribution in [-0.2, 0) is 0 Å². The van der Waals surface area contributed by atoms with Crippen molar-refractivity contribution in [2.24, 2.45) is 5.92 Å². The van der Waals surface area contributed by atoms with Crippen LogP contribution < -0.4 is 10.6 Å². The molecule has 2 aromatic rings. The van der Waals surface area contributed by atoms with Crippen LogP contribution in [0.4, 0.5) is 5.69 Å². The number of rotatable bonds is 2. The van der Waals surface area contributed by atoms with Gasteiger partial charge >= 0.3 is 0 Å². The van der Waals surface area contributed by atoms with Gasteiger partial charge in [0, 0.05) is 11.5 Å². The standard InChI is InChI=1S/C23H24Cl2N2O/c1-23(2,3)27-22(28)17-11-5-9-15-13-7-4-8-14(13)20(26-21(15)17)16-10-6-12-18(24)19(16)25/h4-7,9-14,20,26H,8H2,1-3H3,(H,27,28). The summed E-state index contributed by atoms with van der Waals surface area (Å²) in [7, 11) is 0. The molecule has 1 heterocycles. The van der Waals surface area contributed by atoms with Gasteiger partial charge in [0.2, 0.25) is 0 Å². The van der Waals surface area contributed by atoms with Gasteiger partial charge in [0.1, 0.15) is 0 Å². The van der Waals surface area contributed by atoms with E-state index in [2.05, 4.69) is 28.9 Å². The number of amides is 1. The van der Waals surface area contributed by atoms with Gasteiger partial charge in [-0.3, -0.25) is 4.79 Å². The van der Waals surface area contributed by atoms with Crippen molar-refractivity contribution in [1.82, 2.24) is 5.32 Å². The first-order chi connectivity index (χ1) is 13.3. The molecule has 3 atom stereocenters. The molecule has 0 saturated carbocycles. The molecule has 5 heteroatoms. The van der Waals surface area contributed by atoms with Crippen LogP contribution in [0.2, 0.25) is 10.0 Å².